The molecule has 0 aliphatic rings. The van der Waals surface area contributed by atoms with Gasteiger partial charge in [-0.15, -0.1) is 0 Å². The van der Waals surface area contributed by atoms with Gasteiger partial charge in [-0.1, -0.05) is 0 Å². The van der Waals surface area contributed by atoms with Crippen LogP contribution >= 0.6 is 0 Å². The molecule has 10 heteroatoms. The SMILES string of the molecule is [2H]C([2H])([2H])[C@H](Nc1cc(F)c([N+](=O)[O-])cc1[N+](=O)[O-])C(N)=O. The molecule has 0 heterocycles. The van der Waals surface area contributed by atoms with Gasteiger partial charge in [0.15, 0.2) is 0 Å². The van der Waals surface area contributed by atoms with Crippen molar-refractivity contribution in [1.29, 1.82) is 0 Å². The lowest BCUT2D eigenvalue weighted by Crippen LogP contribution is -2.32. The van der Waals surface area contributed by atoms with E-state index in [4.69, 9.17) is 9.85 Å². The van der Waals surface area contributed by atoms with Gasteiger partial charge in [0.1, 0.15) is 11.7 Å². The molecule has 1 aromatic rings. The lowest BCUT2D eigenvalue weighted by Gasteiger charge is -2.11. The van der Waals surface area contributed by atoms with Crippen LogP contribution in [0.25, 0.3) is 0 Å². The van der Waals surface area contributed by atoms with Crippen molar-refractivity contribution >= 4 is 23.0 Å². The van der Waals surface area contributed by atoms with E-state index in [9.17, 15) is 29.4 Å². The average molecular weight is 275 g/mol. The van der Waals surface area contributed by atoms with Gasteiger partial charge in [-0.05, 0) is 6.85 Å². The molecule has 0 aliphatic carbocycles. The lowest BCUT2D eigenvalue weighted by atomic mass is 10.2. The first-order chi connectivity index (χ1) is 9.95. The number of amides is 1. The van der Waals surface area contributed by atoms with Crippen LogP contribution in [0.5, 0.6) is 0 Å². The molecule has 0 bridgehead atoms. The number of halogens is 1. The van der Waals surface area contributed by atoms with Gasteiger partial charge >= 0.3 is 5.69 Å². The maximum atomic E-state index is 13.5. The highest BCUT2D eigenvalue weighted by Crippen LogP contribution is 2.32. The summed E-state index contributed by atoms with van der Waals surface area (Å²) in [4.78, 5) is 30.3. The van der Waals surface area contributed by atoms with Crippen molar-refractivity contribution in [2.75, 3.05) is 5.32 Å². The predicted octanol–water partition coefficient (Wildman–Crippen LogP) is 0.928. The minimum atomic E-state index is -2.96. The lowest BCUT2D eigenvalue weighted by molar-refractivity contribution is -0.395. The maximum absolute atomic E-state index is 13.5. The number of nitrogens with two attached hydrogens (primary N) is 1. The number of hydrogen-bond acceptors (Lipinski definition) is 6. The van der Waals surface area contributed by atoms with Crippen LogP contribution in [0.4, 0.5) is 21.5 Å². The fraction of sp³-hybridized carbons (Fsp3) is 0.222. The summed E-state index contributed by atoms with van der Waals surface area (Å²) in [6.45, 7) is -2.96. The smallest absolute Gasteiger partial charge is 0.311 e. The number of nitro benzene ring substituents is 2. The highest BCUT2D eigenvalue weighted by atomic mass is 19.1. The standard InChI is InChI=1S/C9H9FN4O5/c1-4(9(11)15)12-6-2-5(10)7(13(16)17)3-8(6)14(18)19/h2-4,12H,1H3,(H2,11,15)/t4-/m0/s1/i1D3. The van der Waals surface area contributed by atoms with Gasteiger partial charge in [0.2, 0.25) is 11.7 Å². The molecule has 0 saturated carbocycles. The van der Waals surface area contributed by atoms with Crippen molar-refractivity contribution in [2.45, 2.75) is 12.9 Å². The molecule has 19 heavy (non-hydrogen) atoms. The Labute approximate surface area is 109 Å². The molecule has 1 amide bonds. The van der Waals surface area contributed by atoms with E-state index in [0.717, 1.165) is 0 Å². The Morgan fingerprint density at radius 3 is 2.42 bits per heavy atom. The Morgan fingerprint density at radius 1 is 1.42 bits per heavy atom. The van der Waals surface area contributed by atoms with Crippen molar-refractivity contribution in [3.63, 3.8) is 0 Å². The molecule has 0 spiro atoms. The molecule has 1 aromatic carbocycles. The van der Waals surface area contributed by atoms with E-state index >= 15 is 0 Å². The third kappa shape index (κ3) is 3.12. The topological polar surface area (TPSA) is 141 Å². The Morgan fingerprint density at radius 2 is 2.00 bits per heavy atom. The van der Waals surface area contributed by atoms with Gasteiger partial charge < -0.3 is 11.1 Å². The minimum Gasteiger partial charge on any atom is -0.368 e. The number of benzene rings is 1. The zero-order chi connectivity index (χ0) is 17.2. The molecule has 9 nitrogen and oxygen atoms in total. The molecule has 3 N–H and O–H groups in total. The third-order valence-electron chi connectivity index (χ3n) is 2.04. The van der Waals surface area contributed by atoms with E-state index in [1.165, 1.54) is 0 Å². The van der Waals surface area contributed by atoms with E-state index in [0.29, 0.717) is 12.1 Å². The Balaban J connectivity index is 3.40. The number of primary amides is 1. The van der Waals surface area contributed by atoms with Crippen LogP contribution in [0.15, 0.2) is 12.1 Å². The zero-order valence-corrected chi connectivity index (χ0v) is 9.12. The first kappa shape index (κ1) is 10.2. The molecular formula is C9H9FN4O5. The van der Waals surface area contributed by atoms with Crippen molar-refractivity contribution in [1.82, 2.24) is 0 Å². The summed E-state index contributed by atoms with van der Waals surface area (Å²) < 4.78 is 34.9. The molecule has 1 rings (SSSR count). The van der Waals surface area contributed by atoms with Gasteiger partial charge in [-0.2, -0.15) is 4.39 Å². The van der Waals surface area contributed by atoms with Crippen molar-refractivity contribution in [3.05, 3.63) is 38.2 Å². The minimum absolute atomic E-state index is 0.315. The number of rotatable bonds is 5. The largest absolute Gasteiger partial charge is 0.368 e. The molecule has 0 radical (unpaired) electrons. The highest BCUT2D eigenvalue weighted by Gasteiger charge is 2.26. The van der Waals surface area contributed by atoms with Crippen LogP contribution in [-0.4, -0.2) is 21.8 Å². The summed E-state index contributed by atoms with van der Waals surface area (Å²) in [5.74, 6) is -2.79. The molecule has 0 unspecified atom stereocenters. The predicted molar refractivity (Wildman–Crippen MR) is 62.0 cm³/mol. The number of nitrogens with zero attached hydrogens (tertiary/aromatic N) is 2. The van der Waals surface area contributed by atoms with E-state index < -0.39 is 51.5 Å². The Hall–Kier alpha value is -2.78. The number of anilines is 1. The van der Waals surface area contributed by atoms with Gasteiger partial charge in [0.05, 0.1) is 15.9 Å². The summed E-state index contributed by atoms with van der Waals surface area (Å²) in [6.07, 6.45) is 0. The monoisotopic (exact) mass is 275 g/mol. The van der Waals surface area contributed by atoms with Crippen LogP contribution in [0.3, 0.4) is 0 Å². The molecule has 0 fully saturated rings. The summed E-state index contributed by atoms with van der Waals surface area (Å²) in [7, 11) is 0. The van der Waals surface area contributed by atoms with E-state index in [1.807, 2.05) is 5.32 Å². The quantitative estimate of drug-likeness (QED) is 0.604. The molecule has 0 saturated heterocycles. The zero-order valence-electron chi connectivity index (χ0n) is 12.1. The number of nitro groups is 2. The van der Waals surface area contributed by atoms with Crippen LogP contribution in [0.1, 0.15) is 11.0 Å². The van der Waals surface area contributed by atoms with Crippen LogP contribution in [0.2, 0.25) is 0 Å². The molecule has 102 valence electrons. The number of hydrogen-bond donors (Lipinski definition) is 2. The molecular weight excluding hydrogens is 263 g/mol. The summed E-state index contributed by atoms with van der Waals surface area (Å²) in [5.41, 5.74) is 2.03. The van der Waals surface area contributed by atoms with E-state index in [1.54, 1.807) is 0 Å². The number of carbonyl (C=O) groups is 1. The highest BCUT2D eigenvalue weighted by molar-refractivity contribution is 5.83. The number of nitrogens with one attached hydrogen (secondary N) is 1. The first-order valence-electron chi connectivity index (χ1n) is 6.13. The Kier molecular flexibility index (Phi) is 2.81. The van der Waals surface area contributed by atoms with Gasteiger partial charge in [0.25, 0.3) is 5.69 Å². The second kappa shape index (κ2) is 5.25. The van der Waals surface area contributed by atoms with E-state index in [-0.39, 0.29) is 0 Å². The van der Waals surface area contributed by atoms with Crippen LogP contribution in [-0.2, 0) is 4.79 Å². The third-order valence-corrected chi connectivity index (χ3v) is 2.04. The summed E-state index contributed by atoms with van der Waals surface area (Å²) >= 11 is 0. The molecule has 0 aliphatic heterocycles. The van der Waals surface area contributed by atoms with Gasteiger partial charge in [-0.3, -0.25) is 25.0 Å². The fourth-order valence-electron chi connectivity index (χ4n) is 1.18. The average Bonchev–Trinajstić information content (AvgIpc) is 2.33. The van der Waals surface area contributed by atoms with Crippen molar-refractivity contribution < 1.29 is 23.1 Å². The van der Waals surface area contributed by atoms with Crippen molar-refractivity contribution in [2.24, 2.45) is 5.73 Å². The van der Waals surface area contributed by atoms with Gasteiger partial charge in [-0.25, -0.2) is 0 Å². The normalized spacial score (nSPS) is 14.7. The van der Waals surface area contributed by atoms with E-state index in [2.05, 4.69) is 0 Å². The molecule has 1 atom stereocenters. The number of carbonyl (C=O) groups excluding carboxylic acids is 1. The molecule has 0 aromatic heterocycles. The van der Waals surface area contributed by atoms with Crippen LogP contribution in [0, 0.1) is 26.0 Å². The van der Waals surface area contributed by atoms with Crippen molar-refractivity contribution in [3.8, 4) is 0 Å². The maximum Gasteiger partial charge on any atom is 0.311 e. The first-order valence-corrected chi connectivity index (χ1v) is 4.63. The van der Waals surface area contributed by atoms with Gasteiger partial charge in [0, 0.05) is 10.2 Å². The fourth-order valence-corrected chi connectivity index (χ4v) is 1.18. The summed E-state index contributed by atoms with van der Waals surface area (Å²) in [5, 5.41) is 23.4. The van der Waals surface area contributed by atoms with Crippen LogP contribution < -0.4 is 11.1 Å². The second-order valence-electron chi connectivity index (χ2n) is 3.31. The summed E-state index contributed by atoms with van der Waals surface area (Å²) in [6, 6.07) is -1.36. The Bertz CT molecular complexity index is 651. The second-order valence-corrected chi connectivity index (χ2v) is 3.31.